The third-order valence-electron chi connectivity index (χ3n) is 4.15. The highest BCUT2D eigenvalue weighted by Crippen LogP contribution is 2.24. The number of nitrogens with zero attached hydrogens (tertiary/aromatic N) is 3. The first-order valence-electron chi connectivity index (χ1n) is 7.74. The molecule has 1 aliphatic rings. The zero-order chi connectivity index (χ0) is 17.2. The van der Waals surface area contributed by atoms with Gasteiger partial charge in [-0.2, -0.15) is 0 Å². The van der Waals surface area contributed by atoms with Gasteiger partial charge in [0.25, 0.3) is 0 Å². The van der Waals surface area contributed by atoms with E-state index in [1.165, 1.54) is 11.8 Å². The van der Waals surface area contributed by atoms with Crippen LogP contribution in [0.3, 0.4) is 0 Å². The highest BCUT2D eigenvalue weighted by Gasteiger charge is 2.29. The lowest BCUT2D eigenvalue weighted by molar-refractivity contribution is 0.102. The van der Waals surface area contributed by atoms with Gasteiger partial charge in [0.05, 0.1) is 17.3 Å². The van der Waals surface area contributed by atoms with E-state index in [2.05, 4.69) is 10.2 Å². The Balaban J connectivity index is 1.60. The zero-order valence-corrected chi connectivity index (χ0v) is 15.0. The maximum Gasteiger partial charge on any atom is 0.191 e. The number of benzene rings is 1. The molecule has 1 atom stereocenters. The van der Waals surface area contributed by atoms with Gasteiger partial charge in [0, 0.05) is 19.0 Å². The van der Waals surface area contributed by atoms with E-state index in [-0.39, 0.29) is 23.2 Å². The third kappa shape index (κ3) is 4.05. The van der Waals surface area contributed by atoms with E-state index < -0.39 is 9.84 Å². The highest BCUT2D eigenvalue weighted by molar-refractivity contribution is 7.99. The lowest BCUT2D eigenvalue weighted by Crippen LogP contribution is -2.11. The summed E-state index contributed by atoms with van der Waals surface area (Å²) in [6.07, 6.45) is 1.29. The van der Waals surface area contributed by atoms with E-state index in [4.69, 9.17) is 0 Å². The van der Waals surface area contributed by atoms with E-state index in [0.717, 1.165) is 5.82 Å². The molecule has 1 saturated heterocycles. The van der Waals surface area contributed by atoms with Gasteiger partial charge in [0.1, 0.15) is 5.82 Å². The highest BCUT2D eigenvalue weighted by atomic mass is 32.2. The van der Waals surface area contributed by atoms with Gasteiger partial charge in [-0.05, 0) is 12.3 Å². The van der Waals surface area contributed by atoms with Crippen LogP contribution in [-0.2, 0) is 23.3 Å². The van der Waals surface area contributed by atoms with Gasteiger partial charge in [-0.25, -0.2) is 8.42 Å². The molecule has 1 aromatic carbocycles. The number of carbonyl (C=O) groups is 1. The van der Waals surface area contributed by atoms with Crippen molar-refractivity contribution in [1.29, 1.82) is 0 Å². The topological polar surface area (TPSA) is 81.9 Å². The van der Waals surface area contributed by atoms with E-state index in [0.29, 0.717) is 29.3 Å². The number of thioether (sulfide) groups is 1. The van der Waals surface area contributed by atoms with Crippen LogP contribution in [0.2, 0.25) is 0 Å². The molecule has 2 aromatic rings. The molecule has 0 bridgehead atoms. The van der Waals surface area contributed by atoms with Gasteiger partial charge in [0.2, 0.25) is 0 Å². The predicted molar refractivity (Wildman–Crippen MR) is 93.0 cm³/mol. The van der Waals surface area contributed by atoms with Crippen molar-refractivity contribution < 1.29 is 13.2 Å². The Bertz CT molecular complexity index is 832. The number of aromatic nitrogens is 3. The van der Waals surface area contributed by atoms with Crippen LogP contribution in [0.1, 0.15) is 22.6 Å². The zero-order valence-electron chi connectivity index (χ0n) is 13.4. The van der Waals surface area contributed by atoms with Crippen molar-refractivity contribution in [1.82, 2.24) is 14.8 Å². The van der Waals surface area contributed by atoms with Crippen LogP contribution >= 0.6 is 11.8 Å². The molecule has 0 amide bonds. The molecule has 8 heteroatoms. The lowest BCUT2D eigenvalue weighted by Gasteiger charge is -2.07. The van der Waals surface area contributed by atoms with Crippen molar-refractivity contribution >= 4 is 27.4 Å². The smallest absolute Gasteiger partial charge is 0.191 e. The van der Waals surface area contributed by atoms with Crippen LogP contribution in [0, 0.1) is 5.92 Å². The summed E-state index contributed by atoms with van der Waals surface area (Å²) in [5, 5.41) is 8.97. The van der Waals surface area contributed by atoms with Crippen LogP contribution in [0.15, 0.2) is 35.5 Å². The summed E-state index contributed by atoms with van der Waals surface area (Å²) < 4.78 is 25.0. The summed E-state index contributed by atoms with van der Waals surface area (Å²) in [7, 11) is -1.03. The van der Waals surface area contributed by atoms with Gasteiger partial charge in [-0.1, -0.05) is 42.1 Å². The molecule has 1 aromatic heterocycles. The number of carbonyl (C=O) groups excluding carboxylic acids is 1. The molecular formula is C16H19N3O3S2. The Morgan fingerprint density at radius 2 is 2.04 bits per heavy atom. The van der Waals surface area contributed by atoms with Gasteiger partial charge in [0.15, 0.2) is 20.8 Å². The first kappa shape index (κ1) is 17.2. The van der Waals surface area contributed by atoms with Crippen LogP contribution in [0.5, 0.6) is 0 Å². The van der Waals surface area contributed by atoms with E-state index in [1.54, 1.807) is 12.1 Å². The van der Waals surface area contributed by atoms with Crippen molar-refractivity contribution in [3.8, 4) is 0 Å². The van der Waals surface area contributed by atoms with Crippen molar-refractivity contribution in [3.63, 3.8) is 0 Å². The summed E-state index contributed by atoms with van der Waals surface area (Å²) in [4.78, 5) is 12.1. The minimum Gasteiger partial charge on any atom is -0.309 e. The Morgan fingerprint density at radius 3 is 2.71 bits per heavy atom. The molecule has 3 rings (SSSR count). The maximum atomic E-state index is 12.1. The van der Waals surface area contributed by atoms with Crippen molar-refractivity contribution in [3.05, 3.63) is 41.7 Å². The van der Waals surface area contributed by atoms with Crippen molar-refractivity contribution in [2.24, 2.45) is 13.0 Å². The fourth-order valence-corrected chi connectivity index (χ4v) is 5.46. The average molecular weight is 365 g/mol. The summed E-state index contributed by atoms with van der Waals surface area (Å²) in [5.74, 6) is 1.73. The SMILES string of the molecule is Cn1c(C[C@@H]2CCS(=O)(=O)C2)nnc1SCC(=O)c1ccccc1. The van der Waals surface area contributed by atoms with Gasteiger partial charge in [-0.15, -0.1) is 10.2 Å². The molecule has 2 heterocycles. The number of ketones is 1. The number of hydrogen-bond acceptors (Lipinski definition) is 6. The Morgan fingerprint density at radius 1 is 1.29 bits per heavy atom. The molecule has 6 nitrogen and oxygen atoms in total. The van der Waals surface area contributed by atoms with Gasteiger partial charge >= 0.3 is 0 Å². The second-order valence-corrected chi connectivity index (χ2v) is 9.18. The molecule has 0 aliphatic carbocycles. The molecule has 0 saturated carbocycles. The molecule has 1 aliphatic heterocycles. The molecule has 24 heavy (non-hydrogen) atoms. The first-order valence-corrected chi connectivity index (χ1v) is 10.5. The summed E-state index contributed by atoms with van der Waals surface area (Å²) in [6.45, 7) is 0. The number of Topliss-reactive ketones (excluding diaryl/α,β-unsaturated/α-hetero) is 1. The normalized spacial score (nSPS) is 19.5. The van der Waals surface area contributed by atoms with Crippen molar-refractivity contribution in [2.75, 3.05) is 17.3 Å². The third-order valence-corrected chi connectivity index (χ3v) is 7.01. The molecule has 1 fully saturated rings. The number of rotatable bonds is 6. The largest absolute Gasteiger partial charge is 0.309 e. The van der Waals surface area contributed by atoms with E-state index in [1.807, 2.05) is 29.8 Å². The van der Waals surface area contributed by atoms with Gasteiger partial charge < -0.3 is 4.57 Å². The maximum absolute atomic E-state index is 12.1. The predicted octanol–water partition coefficient (Wildman–Crippen LogP) is 1.77. The van der Waals surface area contributed by atoms with E-state index in [9.17, 15) is 13.2 Å². The molecule has 0 spiro atoms. The number of hydrogen-bond donors (Lipinski definition) is 0. The Hall–Kier alpha value is -1.67. The summed E-state index contributed by atoms with van der Waals surface area (Å²) >= 11 is 1.35. The quantitative estimate of drug-likeness (QED) is 0.573. The van der Waals surface area contributed by atoms with Crippen molar-refractivity contribution in [2.45, 2.75) is 18.0 Å². The molecule has 0 radical (unpaired) electrons. The summed E-state index contributed by atoms with van der Waals surface area (Å²) in [5.41, 5.74) is 0.684. The molecule has 0 N–H and O–H groups in total. The lowest BCUT2D eigenvalue weighted by atomic mass is 10.1. The first-order chi connectivity index (χ1) is 11.4. The van der Waals surface area contributed by atoms with Crippen LogP contribution < -0.4 is 0 Å². The average Bonchev–Trinajstić information content (AvgIpc) is 3.09. The minimum absolute atomic E-state index is 0.0482. The Labute approximate surface area is 145 Å². The van der Waals surface area contributed by atoms with Gasteiger partial charge in [-0.3, -0.25) is 4.79 Å². The molecule has 128 valence electrons. The monoisotopic (exact) mass is 365 g/mol. The summed E-state index contributed by atoms with van der Waals surface area (Å²) in [6, 6.07) is 9.15. The van der Waals surface area contributed by atoms with Crippen LogP contribution in [0.4, 0.5) is 0 Å². The standard InChI is InChI=1S/C16H19N3O3S2/c1-19-15(9-12-7-8-24(21,22)11-12)17-18-16(19)23-10-14(20)13-5-3-2-4-6-13/h2-6,12H,7-11H2,1H3/t12-/m0/s1. The van der Waals surface area contributed by atoms with Crippen LogP contribution in [-0.4, -0.2) is 46.2 Å². The second kappa shape index (κ2) is 7.06. The fraction of sp³-hybridized carbons (Fsp3) is 0.438. The van der Waals surface area contributed by atoms with E-state index >= 15 is 0 Å². The Kier molecular flexibility index (Phi) is 5.05. The number of sulfone groups is 1. The second-order valence-electron chi connectivity index (χ2n) is 6.01. The van der Waals surface area contributed by atoms with Crippen LogP contribution in [0.25, 0.3) is 0 Å². The molecular weight excluding hydrogens is 346 g/mol. The molecule has 0 unspecified atom stereocenters. The fourth-order valence-electron chi connectivity index (χ4n) is 2.78. The minimum atomic E-state index is -2.88.